The first kappa shape index (κ1) is 71.2. The van der Waals surface area contributed by atoms with Crippen molar-refractivity contribution in [3.63, 3.8) is 0 Å². The van der Waals surface area contributed by atoms with Gasteiger partial charge in [0.1, 0.15) is 12.4 Å². The molecule has 0 unspecified atom stereocenters. The van der Waals surface area contributed by atoms with E-state index in [-0.39, 0.29) is 90.7 Å². The molecule has 4 saturated heterocycles. The number of likely N-dealkylation sites (tertiary alicyclic amines) is 2. The molecule has 4 fully saturated rings. The summed E-state index contributed by atoms with van der Waals surface area (Å²) in [4.78, 5) is 60.4. The zero-order chi connectivity index (χ0) is 69.5. The molecule has 96 heavy (non-hydrogen) atoms. The smallest absolute Gasteiger partial charge is 0.416 e. The number of nitro groups is 1. The molecule has 21 nitrogen and oxygen atoms in total. The molecule has 4 aromatic heterocycles. The van der Waals surface area contributed by atoms with Crippen LogP contribution in [0.5, 0.6) is 5.75 Å². The van der Waals surface area contributed by atoms with Crippen molar-refractivity contribution in [3.8, 4) is 28.0 Å². The number of hydrogen-bond donors (Lipinski definition) is 0. The summed E-state index contributed by atoms with van der Waals surface area (Å²) in [5, 5.41) is 19.2. The van der Waals surface area contributed by atoms with Gasteiger partial charge in [-0.15, -0.1) is 0 Å². The fourth-order valence-corrected chi connectivity index (χ4v) is 11.3. The maximum atomic E-state index is 13.7. The summed E-state index contributed by atoms with van der Waals surface area (Å²) in [5.41, 5.74) is -4.11. The Hall–Kier alpha value is -9.14. The third-order valence-corrected chi connectivity index (χ3v) is 16.5. The number of benzene rings is 3. The second kappa shape index (κ2) is 29.5. The Labute approximate surface area is 542 Å². The van der Waals surface area contributed by atoms with Crippen molar-refractivity contribution in [3.05, 3.63) is 154 Å². The fourth-order valence-electron chi connectivity index (χ4n) is 11.3. The van der Waals surface area contributed by atoms with Crippen molar-refractivity contribution in [2.45, 2.75) is 121 Å². The number of nitro benzene ring substituents is 1. The molecular formula is C63H67F12N13O8. The van der Waals surface area contributed by atoms with Gasteiger partial charge in [-0.25, -0.2) is 29.5 Å². The van der Waals surface area contributed by atoms with Gasteiger partial charge in [0.25, 0.3) is 5.69 Å². The number of amides is 2. The van der Waals surface area contributed by atoms with Gasteiger partial charge < -0.3 is 38.5 Å². The summed E-state index contributed by atoms with van der Waals surface area (Å²) in [6, 6.07) is 5.87. The molecule has 4 atom stereocenters. The lowest BCUT2D eigenvalue weighted by Gasteiger charge is -2.37. The first-order valence-electron chi connectivity index (χ1n) is 30.3. The van der Waals surface area contributed by atoms with E-state index in [2.05, 4.69) is 30.1 Å². The van der Waals surface area contributed by atoms with Gasteiger partial charge in [0.15, 0.2) is 0 Å². The Morgan fingerprint density at radius 1 is 0.594 bits per heavy atom. The summed E-state index contributed by atoms with van der Waals surface area (Å²) >= 11 is 0. The summed E-state index contributed by atoms with van der Waals surface area (Å²) < 4.78 is 188. The highest BCUT2D eigenvalue weighted by Gasteiger charge is 2.44. The van der Waals surface area contributed by atoms with Crippen molar-refractivity contribution in [1.82, 2.24) is 49.3 Å². The number of nitrogens with zero attached hydrogens (tertiary/aromatic N) is 13. The number of aryl methyl sites for hydroxylation is 2. The lowest BCUT2D eigenvalue weighted by Crippen LogP contribution is -2.46. The van der Waals surface area contributed by atoms with E-state index in [0.29, 0.717) is 73.4 Å². The van der Waals surface area contributed by atoms with Crippen LogP contribution in [0.2, 0.25) is 0 Å². The molecule has 0 saturated carbocycles. The molecule has 2 amide bonds. The minimum absolute atomic E-state index is 0.0223. The van der Waals surface area contributed by atoms with Gasteiger partial charge in [-0.2, -0.15) is 62.9 Å². The Kier molecular flexibility index (Phi) is 21.8. The topological polar surface area (TPSA) is 214 Å². The van der Waals surface area contributed by atoms with Crippen LogP contribution in [0.1, 0.15) is 92.7 Å². The third-order valence-electron chi connectivity index (χ3n) is 16.5. The number of non-ortho nitro benzene ring substituents is 1. The van der Waals surface area contributed by atoms with Gasteiger partial charge in [0.2, 0.25) is 11.9 Å². The molecule has 33 heteroatoms. The zero-order valence-corrected chi connectivity index (χ0v) is 52.4. The molecule has 0 radical (unpaired) electrons. The first-order valence-corrected chi connectivity index (χ1v) is 30.3. The Morgan fingerprint density at radius 2 is 0.990 bits per heavy atom. The molecule has 11 rings (SSSR count). The molecule has 7 aromatic rings. The minimum atomic E-state index is -5.04. The first-order chi connectivity index (χ1) is 45.3. The van der Waals surface area contributed by atoms with E-state index in [1.807, 2.05) is 20.8 Å². The standard InChI is InChI=1S/C30H27F6N7O4.C29H32F6N6O3.C4H8O/c1-3-23-11-25(17-42(23)28(44)47-26-6-4-24(5-7-26)43(45)46)41(27-37-12-19(13-38-27)20-14-39-40(2)16-20)15-18-8-21(29(31,32)33)10-22(9-18)30(34,35)36;1-4-23-8-24(14-41(23)26(42)44-17-27(2)15-43-16-27)40(25-36-9-19(10-37-25)20-11-38-39(3)13-20)12-18-5-21(28(30,31)32)7-22(6-18)29(33,34)35;1-2-4-5-3-1/h4-10,12-14,16,23,25H,3,11,15,17H2,1-2H3;5-7,9-11,13,23-24H,4,8,12,14-17H2,1-3H3;1-4H2/t23-,25+;23-,24+;/m11./s1. The number of rotatable bonds is 16. The Balaban J connectivity index is 0.000000210. The SMILES string of the molecule is C1CCOC1.CC[C@@H]1C[C@H](N(Cc2cc(C(F)(F)F)cc(C(F)(F)F)c2)c2ncc(-c3cnn(C)c3)cn2)CN1C(=O)OCC1(C)COC1.CC[C@@H]1C[C@H](N(Cc2cc(C(F)(F)F)cc(C(F)(F)F)c2)c2ncc(-c3cnn(C)c3)cn2)CN1C(=O)Oc1ccc([N+](=O)[O-])cc1. The largest absolute Gasteiger partial charge is 0.449 e. The molecule has 0 aliphatic carbocycles. The monoisotopic (exact) mass is 1360 g/mol. The van der Waals surface area contributed by atoms with E-state index >= 15 is 0 Å². The van der Waals surface area contributed by atoms with Crippen molar-refractivity contribution in [2.75, 3.05) is 55.9 Å². The quantitative estimate of drug-likeness (QED) is 0.0499. The molecule has 4 aliphatic rings. The highest BCUT2D eigenvalue weighted by Crippen LogP contribution is 2.41. The van der Waals surface area contributed by atoms with Crippen LogP contribution in [0.4, 0.5) is 79.9 Å². The number of halogens is 12. The van der Waals surface area contributed by atoms with Gasteiger partial charge >= 0.3 is 36.9 Å². The van der Waals surface area contributed by atoms with Crippen LogP contribution >= 0.6 is 0 Å². The van der Waals surface area contributed by atoms with Crippen LogP contribution in [0.15, 0.2) is 110 Å². The zero-order valence-electron chi connectivity index (χ0n) is 52.4. The minimum Gasteiger partial charge on any atom is -0.449 e. The van der Waals surface area contributed by atoms with Crippen molar-refractivity contribution in [1.29, 1.82) is 0 Å². The maximum Gasteiger partial charge on any atom is 0.416 e. The van der Waals surface area contributed by atoms with Crippen LogP contribution < -0.4 is 14.5 Å². The lowest BCUT2D eigenvalue weighted by molar-refractivity contribution is -0.384. The summed E-state index contributed by atoms with van der Waals surface area (Å²) in [6.07, 6.45) is -4.57. The lowest BCUT2D eigenvalue weighted by atomic mass is 9.90. The molecule has 0 bridgehead atoms. The Bertz CT molecular complexity index is 3710. The molecular weight excluding hydrogens is 1290 g/mol. The summed E-state index contributed by atoms with van der Waals surface area (Å²) in [5.74, 6) is 0.167. The van der Waals surface area contributed by atoms with Gasteiger partial charge in [0.05, 0.1) is 64.9 Å². The van der Waals surface area contributed by atoms with Crippen LogP contribution in [0, 0.1) is 15.5 Å². The van der Waals surface area contributed by atoms with Crippen LogP contribution in [-0.4, -0.2) is 137 Å². The van der Waals surface area contributed by atoms with Crippen molar-refractivity contribution in [2.24, 2.45) is 19.5 Å². The molecule has 8 heterocycles. The number of carbonyl (C=O) groups excluding carboxylic acids is 2. The van der Waals surface area contributed by atoms with Crippen LogP contribution in [0.25, 0.3) is 22.3 Å². The second-order valence-corrected chi connectivity index (χ2v) is 23.9. The maximum absolute atomic E-state index is 13.7. The number of carbonyl (C=O) groups is 2. The fraction of sp³-hybridized carbons (Fsp3) is 0.460. The predicted molar refractivity (Wildman–Crippen MR) is 322 cm³/mol. The molecule has 3 aromatic carbocycles. The van der Waals surface area contributed by atoms with E-state index < -0.39 is 88.7 Å². The van der Waals surface area contributed by atoms with Gasteiger partial charge in [-0.05, 0) is 98.2 Å². The molecule has 0 N–H and O–H groups in total. The summed E-state index contributed by atoms with van der Waals surface area (Å²) in [7, 11) is 3.46. The number of anilines is 2. The average Bonchev–Trinajstić information content (AvgIpc) is 1.36. The predicted octanol–water partition coefficient (Wildman–Crippen LogP) is 13.6. The second-order valence-electron chi connectivity index (χ2n) is 23.9. The van der Waals surface area contributed by atoms with Crippen molar-refractivity contribution >= 4 is 29.8 Å². The highest BCUT2D eigenvalue weighted by atomic mass is 19.4. The Morgan fingerprint density at radius 3 is 1.30 bits per heavy atom. The van der Waals surface area contributed by atoms with E-state index in [0.717, 1.165) is 18.8 Å². The van der Waals surface area contributed by atoms with Gasteiger partial charge in [0, 0.05) is 143 Å². The van der Waals surface area contributed by atoms with E-state index in [9.17, 15) is 72.4 Å². The number of ether oxygens (including phenoxy) is 4. The molecule has 4 aliphatic heterocycles. The van der Waals surface area contributed by atoms with Crippen molar-refractivity contribution < 1.29 is 86.1 Å². The van der Waals surface area contributed by atoms with E-state index in [4.69, 9.17) is 18.9 Å². The van der Waals surface area contributed by atoms with E-state index in [1.165, 1.54) is 71.7 Å². The molecule has 516 valence electrons. The van der Waals surface area contributed by atoms with E-state index in [1.54, 1.807) is 58.0 Å². The average molecular weight is 1360 g/mol. The number of hydrogen-bond acceptors (Lipinski definition) is 16. The number of aromatic nitrogens is 8. The third kappa shape index (κ3) is 18.0. The number of alkyl halides is 12. The van der Waals surface area contributed by atoms with Crippen LogP contribution in [-0.2, 0) is 66.1 Å². The normalized spacial score (nSPS) is 18.6. The van der Waals surface area contributed by atoms with Crippen LogP contribution in [0.3, 0.4) is 0 Å². The van der Waals surface area contributed by atoms with Gasteiger partial charge in [-0.3, -0.25) is 19.5 Å². The highest BCUT2D eigenvalue weighted by molar-refractivity contribution is 5.72. The summed E-state index contributed by atoms with van der Waals surface area (Å²) in [6.45, 7) is 8.03. The molecule has 0 spiro atoms. The van der Waals surface area contributed by atoms with Gasteiger partial charge in [-0.1, -0.05) is 20.8 Å².